The van der Waals surface area contributed by atoms with Crippen molar-refractivity contribution in [3.05, 3.63) is 70.3 Å². The molecule has 0 unspecified atom stereocenters. The van der Waals surface area contributed by atoms with Crippen LogP contribution in [-0.2, 0) is 13.2 Å². The highest BCUT2D eigenvalue weighted by atomic mass is 79.9. The standard InChI is InChI=1S/C17H15BrN2O/c18-15-6-3-4-12(10-19)17(15)21-11-13-8-9-20-16-7-2-1-5-14(13)16/h1-9H,10-11,19H2. The maximum absolute atomic E-state index is 6.00. The van der Waals surface area contributed by atoms with Gasteiger partial charge in [0, 0.05) is 29.3 Å². The summed E-state index contributed by atoms with van der Waals surface area (Å²) in [6.07, 6.45) is 1.81. The maximum Gasteiger partial charge on any atom is 0.138 e. The first kappa shape index (κ1) is 14.0. The van der Waals surface area contributed by atoms with Crippen LogP contribution >= 0.6 is 15.9 Å². The molecule has 0 radical (unpaired) electrons. The van der Waals surface area contributed by atoms with Gasteiger partial charge in [-0.2, -0.15) is 0 Å². The van der Waals surface area contributed by atoms with E-state index in [-0.39, 0.29) is 0 Å². The number of hydrogen-bond donors (Lipinski definition) is 1. The number of nitrogens with zero attached hydrogens (tertiary/aromatic N) is 1. The molecule has 106 valence electrons. The first-order valence-electron chi connectivity index (χ1n) is 6.72. The molecule has 0 amide bonds. The van der Waals surface area contributed by atoms with E-state index >= 15 is 0 Å². The van der Waals surface area contributed by atoms with Crippen molar-refractivity contribution in [3.8, 4) is 5.75 Å². The second-order valence-corrected chi connectivity index (χ2v) is 5.56. The van der Waals surface area contributed by atoms with Gasteiger partial charge < -0.3 is 10.5 Å². The summed E-state index contributed by atoms with van der Waals surface area (Å²) >= 11 is 3.52. The summed E-state index contributed by atoms with van der Waals surface area (Å²) < 4.78 is 6.92. The molecule has 1 aromatic heterocycles. The molecular weight excluding hydrogens is 328 g/mol. The first-order valence-corrected chi connectivity index (χ1v) is 7.52. The summed E-state index contributed by atoms with van der Waals surface area (Å²) in [5.41, 5.74) is 8.84. The van der Waals surface area contributed by atoms with Crippen LogP contribution in [0, 0.1) is 0 Å². The molecule has 0 bridgehead atoms. The summed E-state index contributed by atoms with van der Waals surface area (Å²) in [6, 6.07) is 15.9. The Morgan fingerprint density at radius 2 is 1.86 bits per heavy atom. The van der Waals surface area contributed by atoms with E-state index in [0.717, 1.165) is 32.3 Å². The van der Waals surface area contributed by atoms with E-state index in [1.165, 1.54) is 0 Å². The molecule has 1 heterocycles. The van der Waals surface area contributed by atoms with Gasteiger partial charge in [-0.25, -0.2) is 0 Å². The van der Waals surface area contributed by atoms with E-state index in [2.05, 4.69) is 27.0 Å². The molecule has 0 saturated carbocycles. The Balaban J connectivity index is 1.91. The van der Waals surface area contributed by atoms with Crippen LogP contribution in [0.25, 0.3) is 10.9 Å². The second kappa shape index (κ2) is 6.24. The van der Waals surface area contributed by atoms with Gasteiger partial charge >= 0.3 is 0 Å². The number of nitrogens with two attached hydrogens (primary N) is 1. The Labute approximate surface area is 131 Å². The normalized spacial score (nSPS) is 10.8. The summed E-state index contributed by atoms with van der Waals surface area (Å²) in [5.74, 6) is 0.806. The molecule has 0 spiro atoms. The molecule has 0 fully saturated rings. The summed E-state index contributed by atoms with van der Waals surface area (Å²) in [6.45, 7) is 0.935. The number of fused-ring (bicyclic) bond motifs is 1. The van der Waals surface area contributed by atoms with Gasteiger partial charge in [0.05, 0.1) is 9.99 Å². The Kier molecular flexibility index (Phi) is 4.18. The van der Waals surface area contributed by atoms with E-state index in [4.69, 9.17) is 10.5 Å². The monoisotopic (exact) mass is 342 g/mol. The minimum atomic E-state index is 0.450. The van der Waals surface area contributed by atoms with Crippen LogP contribution in [0.1, 0.15) is 11.1 Å². The average Bonchev–Trinajstić information content (AvgIpc) is 2.53. The summed E-state index contributed by atoms with van der Waals surface area (Å²) in [5, 5.41) is 1.11. The van der Waals surface area contributed by atoms with Crippen LogP contribution in [0.5, 0.6) is 5.75 Å². The molecule has 4 heteroatoms. The van der Waals surface area contributed by atoms with Crippen molar-refractivity contribution in [2.75, 3.05) is 0 Å². The zero-order valence-corrected chi connectivity index (χ0v) is 13.0. The predicted octanol–water partition coefficient (Wildman–Crippen LogP) is 4.04. The predicted molar refractivity (Wildman–Crippen MR) is 88.1 cm³/mol. The number of ether oxygens (including phenoxy) is 1. The third-order valence-electron chi connectivity index (χ3n) is 3.38. The van der Waals surface area contributed by atoms with Crippen LogP contribution in [0.3, 0.4) is 0 Å². The largest absolute Gasteiger partial charge is 0.487 e. The highest BCUT2D eigenvalue weighted by Gasteiger charge is 2.08. The third kappa shape index (κ3) is 2.91. The van der Waals surface area contributed by atoms with E-state index in [9.17, 15) is 0 Å². The fourth-order valence-corrected chi connectivity index (χ4v) is 2.83. The van der Waals surface area contributed by atoms with Crippen LogP contribution in [-0.4, -0.2) is 4.98 Å². The van der Waals surface area contributed by atoms with Crippen LogP contribution in [0.15, 0.2) is 59.2 Å². The van der Waals surface area contributed by atoms with Gasteiger partial charge in [0.25, 0.3) is 0 Å². The van der Waals surface area contributed by atoms with Crippen molar-refractivity contribution in [1.82, 2.24) is 4.98 Å². The lowest BCUT2D eigenvalue weighted by molar-refractivity contribution is 0.302. The fraction of sp³-hybridized carbons (Fsp3) is 0.118. The van der Waals surface area contributed by atoms with E-state index in [1.807, 2.05) is 48.7 Å². The highest BCUT2D eigenvalue weighted by molar-refractivity contribution is 9.10. The van der Waals surface area contributed by atoms with Gasteiger partial charge in [0.2, 0.25) is 0 Å². The Hall–Kier alpha value is -1.91. The van der Waals surface area contributed by atoms with Crippen molar-refractivity contribution < 1.29 is 4.74 Å². The van der Waals surface area contributed by atoms with Gasteiger partial charge in [0.15, 0.2) is 0 Å². The Morgan fingerprint density at radius 3 is 2.71 bits per heavy atom. The number of halogens is 1. The second-order valence-electron chi connectivity index (χ2n) is 4.71. The molecule has 3 rings (SSSR count). The lowest BCUT2D eigenvalue weighted by atomic mass is 10.1. The lowest BCUT2D eigenvalue weighted by Gasteiger charge is -2.13. The SMILES string of the molecule is NCc1cccc(Br)c1OCc1ccnc2ccccc12. The molecule has 0 saturated heterocycles. The third-order valence-corrected chi connectivity index (χ3v) is 4.00. The van der Waals surface area contributed by atoms with Crippen molar-refractivity contribution in [2.24, 2.45) is 5.73 Å². The summed E-state index contributed by atoms with van der Waals surface area (Å²) in [7, 11) is 0. The van der Waals surface area contributed by atoms with Crippen molar-refractivity contribution in [3.63, 3.8) is 0 Å². The molecule has 0 atom stereocenters. The van der Waals surface area contributed by atoms with Gasteiger partial charge in [-0.05, 0) is 34.1 Å². The zero-order valence-electron chi connectivity index (χ0n) is 11.4. The molecule has 2 aromatic carbocycles. The fourth-order valence-electron chi connectivity index (χ4n) is 2.31. The van der Waals surface area contributed by atoms with E-state index in [0.29, 0.717) is 13.2 Å². The molecular formula is C17H15BrN2O. The first-order chi connectivity index (χ1) is 10.3. The van der Waals surface area contributed by atoms with Gasteiger partial charge in [0.1, 0.15) is 12.4 Å². The van der Waals surface area contributed by atoms with Crippen LogP contribution < -0.4 is 10.5 Å². The van der Waals surface area contributed by atoms with Crippen molar-refractivity contribution >= 4 is 26.8 Å². The molecule has 2 N–H and O–H groups in total. The number of hydrogen-bond acceptors (Lipinski definition) is 3. The smallest absolute Gasteiger partial charge is 0.138 e. The number of pyridine rings is 1. The molecule has 21 heavy (non-hydrogen) atoms. The van der Waals surface area contributed by atoms with Gasteiger partial charge in [-0.1, -0.05) is 30.3 Å². The Bertz CT molecular complexity index is 768. The minimum absolute atomic E-state index is 0.450. The van der Waals surface area contributed by atoms with Gasteiger partial charge in [-0.15, -0.1) is 0 Å². The maximum atomic E-state index is 6.00. The Morgan fingerprint density at radius 1 is 1.00 bits per heavy atom. The topological polar surface area (TPSA) is 48.1 Å². The molecule has 0 aliphatic heterocycles. The minimum Gasteiger partial charge on any atom is -0.487 e. The average molecular weight is 343 g/mol. The quantitative estimate of drug-likeness (QED) is 0.778. The lowest BCUT2D eigenvalue weighted by Crippen LogP contribution is -2.04. The van der Waals surface area contributed by atoms with Crippen molar-refractivity contribution in [2.45, 2.75) is 13.2 Å². The zero-order chi connectivity index (χ0) is 14.7. The van der Waals surface area contributed by atoms with Gasteiger partial charge in [-0.3, -0.25) is 4.98 Å². The molecule has 3 aromatic rings. The van der Waals surface area contributed by atoms with E-state index in [1.54, 1.807) is 0 Å². The van der Waals surface area contributed by atoms with Crippen LogP contribution in [0.4, 0.5) is 0 Å². The molecule has 0 aliphatic rings. The summed E-state index contributed by atoms with van der Waals surface area (Å²) in [4.78, 5) is 4.36. The molecule has 0 aliphatic carbocycles. The van der Waals surface area contributed by atoms with E-state index < -0.39 is 0 Å². The molecule has 3 nitrogen and oxygen atoms in total. The number of rotatable bonds is 4. The number of para-hydroxylation sites is 2. The number of aromatic nitrogens is 1. The highest BCUT2D eigenvalue weighted by Crippen LogP contribution is 2.30. The van der Waals surface area contributed by atoms with Crippen LogP contribution in [0.2, 0.25) is 0 Å². The van der Waals surface area contributed by atoms with Crippen molar-refractivity contribution in [1.29, 1.82) is 0 Å². The number of benzene rings is 2.